The van der Waals surface area contributed by atoms with Gasteiger partial charge in [0.25, 0.3) is 0 Å². The zero-order chi connectivity index (χ0) is 15.9. The summed E-state index contributed by atoms with van der Waals surface area (Å²) in [5.41, 5.74) is 1.15. The molecule has 0 amide bonds. The van der Waals surface area contributed by atoms with Crippen molar-refractivity contribution in [2.75, 3.05) is 0 Å². The SMILES string of the molecule is O=C(OCc1ccccn1)c1cccc(Oc2ccccc2)c1. The quantitative estimate of drug-likeness (QED) is 0.662. The van der Waals surface area contributed by atoms with E-state index in [2.05, 4.69) is 4.98 Å². The molecule has 0 N–H and O–H groups in total. The van der Waals surface area contributed by atoms with Gasteiger partial charge < -0.3 is 9.47 Å². The van der Waals surface area contributed by atoms with Crippen molar-refractivity contribution < 1.29 is 14.3 Å². The number of carbonyl (C=O) groups excluding carboxylic acids is 1. The first-order valence-corrected chi connectivity index (χ1v) is 7.21. The fraction of sp³-hybridized carbons (Fsp3) is 0.0526. The molecule has 0 aliphatic rings. The first-order valence-electron chi connectivity index (χ1n) is 7.21. The van der Waals surface area contributed by atoms with Crippen LogP contribution in [0.3, 0.4) is 0 Å². The second-order valence-corrected chi connectivity index (χ2v) is 4.84. The third kappa shape index (κ3) is 4.17. The van der Waals surface area contributed by atoms with Crippen molar-refractivity contribution >= 4 is 5.97 Å². The van der Waals surface area contributed by atoms with Crippen LogP contribution in [0.1, 0.15) is 16.1 Å². The highest BCUT2D eigenvalue weighted by atomic mass is 16.5. The Morgan fingerprint density at radius 1 is 0.870 bits per heavy atom. The van der Waals surface area contributed by atoms with E-state index >= 15 is 0 Å². The molecule has 0 aliphatic carbocycles. The van der Waals surface area contributed by atoms with Gasteiger partial charge in [-0.15, -0.1) is 0 Å². The van der Waals surface area contributed by atoms with Gasteiger partial charge in [0.1, 0.15) is 18.1 Å². The Kier molecular flexibility index (Phi) is 4.64. The fourth-order valence-electron chi connectivity index (χ4n) is 2.02. The fourth-order valence-corrected chi connectivity index (χ4v) is 2.02. The molecule has 0 bridgehead atoms. The van der Waals surface area contributed by atoms with Gasteiger partial charge in [0.2, 0.25) is 0 Å². The van der Waals surface area contributed by atoms with E-state index in [1.54, 1.807) is 30.5 Å². The number of ether oxygens (including phenoxy) is 2. The summed E-state index contributed by atoms with van der Waals surface area (Å²) < 4.78 is 11.0. The summed E-state index contributed by atoms with van der Waals surface area (Å²) in [7, 11) is 0. The van der Waals surface area contributed by atoms with Crippen LogP contribution >= 0.6 is 0 Å². The van der Waals surface area contributed by atoms with E-state index in [9.17, 15) is 4.79 Å². The number of para-hydroxylation sites is 1. The molecule has 0 spiro atoms. The highest BCUT2D eigenvalue weighted by Gasteiger charge is 2.09. The predicted molar refractivity (Wildman–Crippen MR) is 86.3 cm³/mol. The van der Waals surface area contributed by atoms with Gasteiger partial charge in [-0.25, -0.2) is 4.79 Å². The first-order chi connectivity index (χ1) is 11.3. The van der Waals surface area contributed by atoms with Crippen molar-refractivity contribution in [1.82, 2.24) is 4.98 Å². The van der Waals surface area contributed by atoms with Gasteiger partial charge in [-0.2, -0.15) is 0 Å². The Bertz CT molecular complexity index is 773. The number of hydrogen-bond donors (Lipinski definition) is 0. The molecule has 1 heterocycles. The van der Waals surface area contributed by atoms with Crippen LogP contribution in [0.2, 0.25) is 0 Å². The van der Waals surface area contributed by atoms with Crippen LogP contribution in [-0.4, -0.2) is 11.0 Å². The Morgan fingerprint density at radius 3 is 2.43 bits per heavy atom. The Balaban J connectivity index is 1.65. The summed E-state index contributed by atoms with van der Waals surface area (Å²) in [4.78, 5) is 16.2. The lowest BCUT2D eigenvalue weighted by atomic mass is 10.2. The molecule has 23 heavy (non-hydrogen) atoms. The third-order valence-electron chi connectivity index (χ3n) is 3.13. The summed E-state index contributed by atoms with van der Waals surface area (Å²) in [6.45, 7) is 0.142. The molecular formula is C19H15NO3. The largest absolute Gasteiger partial charge is 0.457 e. The zero-order valence-electron chi connectivity index (χ0n) is 12.4. The molecule has 0 saturated carbocycles. The number of benzene rings is 2. The number of carbonyl (C=O) groups is 1. The van der Waals surface area contributed by atoms with Crippen LogP contribution in [0.4, 0.5) is 0 Å². The van der Waals surface area contributed by atoms with E-state index in [1.165, 1.54) is 0 Å². The maximum atomic E-state index is 12.1. The van der Waals surface area contributed by atoms with Crippen molar-refractivity contribution in [3.05, 3.63) is 90.3 Å². The average molecular weight is 305 g/mol. The van der Waals surface area contributed by atoms with Gasteiger partial charge in [0.05, 0.1) is 11.3 Å². The molecule has 0 fully saturated rings. The van der Waals surface area contributed by atoms with E-state index in [-0.39, 0.29) is 6.61 Å². The number of rotatable bonds is 5. The molecule has 4 heteroatoms. The van der Waals surface area contributed by atoms with Crippen molar-refractivity contribution in [2.24, 2.45) is 0 Å². The van der Waals surface area contributed by atoms with E-state index in [1.807, 2.05) is 48.5 Å². The van der Waals surface area contributed by atoms with Crippen LogP contribution in [0.5, 0.6) is 11.5 Å². The van der Waals surface area contributed by atoms with Crippen LogP contribution in [0, 0.1) is 0 Å². The lowest BCUT2D eigenvalue weighted by Crippen LogP contribution is -2.06. The maximum Gasteiger partial charge on any atom is 0.338 e. The highest BCUT2D eigenvalue weighted by Crippen LogP contribution is 2.22. The Hall–Kier alpha value is -3.14. The number of esters is 1. The summed E-state index contributed by atoms with van der Waals surface area (Å²) in [6, 6.07) is 21.8. The first kappa shape index (κ1) is 14.8. The highest BCUT2D eigenvalue weighted by molar-refractivity contribution is 5.89. The standard InChI is InChI=1S/C19H15NO3/c21-19(22-14-16-8-4-5-12-20-16)15-7-6-11-18(13-15)23-17-9-2-1-3-10-17/h1-13H,14H2. The minimum Gasteiger partial charge on any atom is -0.457 e. The minimum absolute atomic E-state index is 0.142. The topological polar surface area (TPSA) is 48.4 Å². The number of pyridine rings is 1. The number of hydrogen-bond acceptors (Lipinski definition) is 4. The van der Waals surface area contributed by atoms with Gasteiger partial charge in [-0.05, 0) is 42.5 Å². The number of aromatic nitrogens is 1. The monoisotopic (exact) mass is 305 g/mol. The van der Waals surface area contributed by atoms with Crippen molar-refractivity contribution in [2.45, 2.75) is 6.61 Å². The van der Waals surface area contributed by atoms with Crippen LogP contribution in [-0.2, 0) is 11.3 Å². The molecule has 0 unspecified atom stereocenters. The lowest BCUT2D eigenvalue weighted by Gasteiger charge is -2.08. The van der Waals surface area contributed by atoms with E-state index in [0.29, 0.717) is 22.8 Å². The van der Waals surface area contributed by atoms with Gasteiger partial charge in [0, 0.05) is 6.20 Å². The van der Waals surface area contributed by atoms with E-state index in [0.717, 1.165) is 0 Å². The normalized spacial score (nSPS) is 10.1. The van der Waals surface area contributed by atoms with Crippen molar-refractivity contribution in [3.63, 3.8) is 0 Å². The summed E-state index contributed by atoms with van der Waals surface area (Å²) in [6.07, 6.45) is 1.66. The molecule has 0 atom stereocenters. The maximum absolute atomic E-state index is 12.1. The van der Waals surface area contributed by atoms with E-state index in [4.69, 9.17) is 9.47 Å². The van der Waals surface area contributed by atoms with E-state index < -0.39 is 5.97 Å². The molecule has 3 rings (SSSR count). The second-order valence-electron chi connectivity index (χ2n) is 4.84. The van der Waals surface area contributed by atoms with Crippen LogP contribution in [0.25, 0.3) is 0 Å². The van der Waals surface area contributed by atoms with Crippen molar-refractivity contribution in [3.8, 4) is 11.5 Å². The molecule has 4 nitrogen and oxygen atoms in total. The molecule has 3 aromatic rings. The smallest absolute Gasteiger partial charge is 0.338 e. The minimum atomic E-state index is -0.408. The van der Waals surface area contributed by atoms with Crippen molar-refractivity contribution in [1.29, 1.82) is 0 Å². The lowest BCUT2D eigenvalue weighted by molar-refractivity contribution is 0.0467. The van der Waals surface area contributed by atoms with Gasteiger partial charge >= 0.3 is 5.97 Å². The molecule has 114 valence electrons. The van der Waals surface area contributed by atoms with Crippen LogP contribution < -0.4 is 4.74 Å². The third-order valence-corrected chi connectivity index (χ3v) is 3.13. The van der Waals surface area contributed by atoms with Crippen LogP contribution in [0.15, 0.2) is 79.0 Å². The number of nitrogens with zero attached hydrogens (tertiary/aromatic N) is 1. The molecule has 0 radical (unpaired) electrons. The van der Waals surface area contributed by atoms with Gasteiger partial charge in [0.15, 0.2) is 0 Å². The summed E-state index contributed by atoms with van der Waals surface area (Å²) >= 11 is 0. The molecule has 0 aliphatic heterocycles. The Morgan fingerprint density at radius 2 is 1.65 bits per heavy atom. The molecular weight excluding hydrogens is 290 g/mol. The predicted octanol–water partition coefficient (Wildman–Crippen LogP) is 4.23. The Labute approximate surface area is 134 Å². The average Bonchev–Trinajstić information content (AvgIpc) is 2.62. The summed E-state index contributed by atoms with van der Waals surface area (Å²) in [5, 5.41) is 0. The molecule has 1 aromatic heterocycles. The zero-order valence-corrected chi connectivity index (χ0v) is 12.4. The summed E-state index contributed by atoms with van der Waals surface area (Å²) in [5.74, 6) is 0.893. The van der Waals surface area contributed by atoms with Gasteiger partial charge in [-0.1, -0.05) is 30.3 Å². The second kappa shape index (κ2) is 7.22. The van der Waals surface area contributed by atoms with Gasteiger partial charge in [-0.3, -0.25) is 4.98 Å². The molecule has 2 aromatic carbocycles. The molecule has 0 saturated heterocycles.